The lowest BCUT2D eigenvalue weighted by Gasteiger charge is -2.46. The molecule has 0 aromatic carbocycles. The molecule has 1 atom stereocenters. The Morgan fingerprint density at radius 3 is 2.65 bits per heavy atom. The van der Waals surface area contributed by atoms with E-state index in [-0.39, 0.29) is 11.1 Å². The van der Waals surface area contributed by atoms with Gasteiger partial charge in [-0.25, -0.2) is 0 Å². The van der Waals surface area contributed by atoms with E-state index in [9.17, 15) is 5.11 Å². The van der Waals surface area contributed by atoms with E-state index in [4.69, 9.17) is 4.42 Å². The lowest BCUT2D eigenvalue weighted by atomic mass is 9.76. The van der Waals surface area contributed by atoms with Gasteiger partial charge in [-0.1, -0.05) is 0 Å². The van der Waals surface area contributed by atoms with Crippen molar-refractivity contribution in [3.05, 3.63) is 29.7 Å². The zero-order chi connectivity index (χ0) is 12.7. The molecule has 0 bridgehead atoms. The van der Waals surface area contributed by atoms with Gasteiger partial charge < -0.3 is 14.8 Å². The highest BCUT2D eigenvalue weighted by Crippen LogP contribution is 2.34. The Labute approximate surface area is 103 Å². The molecule has 0 radical (unpaired) electrons. The van der Waals surface area contributed by atoms with Crippen molar-refractivity contribution in [1.82, 2.24) is 5.32 Å². The van der Waals surface area contributed by atoms with Crippen molar-refractivity contribution in [1.29, 1.82) is 0 Å². The largest absolute Gasteiger partial charge is 0.465 e. The normalized spacial score (nSPS) is 29.5. The molecular formula is C14H21NO2. The molecule has 0 spiro atoms. The summed E-state index contributed by atoms with van der Waals surface area (Å²) in [5.74, 6) is 0.786. The number of rotatable bonds is 1. The van der Waals surface area contributed by atoms with Crippen molar-refractivity contribution in [2.24, 2.45) is 0 Å². The van der Waals surface area contributed by atoms with Crippen LogP contribution in [0.15, 0.2) is 28.4 Å². The summed E-state index contributed by atoms with van der Waals surface area (Å²) in [7, 11) is 0. The van der Waals surface area contributed by atoms with Gasteiger partial charge in [0, 0.05) is 11.1 Å². The molecule has 2 rings (SSSR count). The van der Waals surface area contributed by atoms with E-state index in [0.29, 0.717) is 6.42 Å². The van der Waals surface area contributed by atoms with E-state index in [1.807, 2.05) is 18.2 Å². The summed E-state index contributed by atoms with van der Waals surface area (Å²) in [6.07, 6.45) is 3.87. The Kier molecular flexibility index (Phi) is 2.92. The monoisotopic (exact) mass is 235 g/mol. The van der Waals surface area contributed by atoms with Gasteiger partial charge in [0.25, 0.3) is 0 Å². The highest BCUT2D eigenvalue weighted by atomic mass is 16.3. The van der Waals surface area contributed by atoms with Gasteiger partial charge in [-0.15, -0.1) is 0 Å². The zero-order valence-corrected chi connectivity index (χ0v) is 10.9. The molecule has 3 nitrogen and oxygen atoms in total. The number of aliphatic hydroxyl groups is 1. The topological polar surface area (TPSA) is 45.4 Å². The summed E-state index contributed by atoms with van der Waals surface area (Å²) < 4.78 is 5.31. The highest BCUT2D eigenvalue weighted by molar-refractivity contribution is 5.53. The number of aliphatic hydroxyl groups excluding tert-OH is 1. The first kappa shape index (κ1) is 12.4. The fourth-order valence-corrected chi connectivity index (χ4v) is 2.78. The van der Waals surface area contributed by atoms with Crippen LogP contribution in [0.3, 0.4) is 0 Å². The van der Waals surface area contributed by atoms with Crippen LogP contribution < -0.4 is 5.32 Å². The Balaban J connectivity index is 2.34. The Bertz CT molecular complexity index is 415. The number of hydrogen-bond acceptors (Lipinski definition) is 3. The van der Waals surface area contributed by atoms with E-state index in [0.717, 1.165) is 11.3 Å². The summed E-state index contributed by atoms with van der Waals surface area (Å²) in [5.41, 5.74) is 0.698. The van der Waals surface area contributed by atoms with Crippen molar-refractivity contribution in [3.8, 4) is 0 Å². The van der Waals surface area contributed by atoms with E-state index in [2.05, 4.69) is 33.0 Å². The van der Waals surface area contributed by atoms with Gasteiger partial charge >= 0.3 is 0 Å². The SMILES string of the molecule is CC1(C)CC(O)/C(=C/c2ccco2)C(C)(C)N1. The van der Waals surface area contributed by atoms with Crippen LogP contribution in [0, 0.1) is 0 Å². The molecule has 1 saturated heterocycles. The fraction of sp³-hybridized carbons (Fsp3) is 0.571. The van der Waals surface area contributed by atoms with Crippen molar-refractivity contribution in [2.45, 2.75) is 51.3 Å². The maximum absolute atomic E-state index is 10.3. The molecule has 94 valence electrons. The van der Waals surface area contributed by atoms with Gasteiger partial charge in [-0.2, -0.15) is 0 Å². The second-order valence-corrected chi connectivity index (χ2v) is 5.97. The molecule has 1 unspecified atom stereocenters. The van der Waals surface area contributed by atoms with Gasteiger partial charge in [-0.05, 0) is 57.9 Å². The molecule has 2 heterocycles. The average Bonchev–Trinajstić information content (AvgIpc) is 2.60. The lowest BCUT2D eigenvalue weighted by molar-refractivity contribution is 0.0959. The van der Waals surface area contributed by atoms with E-state index < -0.39 is 6.10 Å². The standard InChI is InChI=1S/C14H21NO2/c1-13(2)9-12(16)11(14(3,4)15-13)8-10-6-5-7-17-10/h5-8,12,15-16H,9H2,1-4H3/b11-8-. The minimum atomic E-state index is -0.425. The Morgan fingerprint density at radius 2 is 2.12 bits per heavy atom. The highest BCUT2D eigenvalue weighted by Gasteiger charge is 2.40. The second kappa shape index (κ2) is 4.00. The Morgan fingerprint density at radius 1 is 1.41 bits per heavy atom. The summed E-state index contributed by atoms with van der Waals surface area (Å²) >= 11 is 0. The van der Waals surface area contributed by atoms with Crippen LogP contribution in [-0.4, -0.2) is 22.3 Å². The fourth-order valence-electron chi connectivity index (χ4n) is 2.78. The molecule has 1 aliphatic heterocycles. The first-order valence-corrected chi connectivity index (χ1v) is 6.03. The van der Waals surface area contributed by atoms with Gasteiger partial charge in [0.2, 0.25) is 0 Å². The predicted octanol–water partition coefficient (Wildman–Crippen LogP) is 2.57. The van der Waals surface area contributed by atoms with Crippen LogP contribution in [0.1, 0.15) is 39.9 Å². The van der Waals surface area contributed by atoms with Gasteiger partial charge in [0.05, 0.1) is 12.4 Å². The van der Waals surface area contributed by atoms with E-state index >= 15 is 0 Å². The van der Waals surface area contributed by atoms with Crippen LogP contribution in [0.4, 0.5) is 0 Å². The maximum Gasteiger partial charge on any atom is 0.126 e. The molecule has 3 heteroatoms. The van der Waals surface area contributed by atoms with Crippen molar-refractivity contribution >= 4 is 6.08 Å². The molecular weight excluding hydrogens is 214 g/mol. The smallest absolute Gasteiger partial charge is 0.126 e. The number of hydrogen-bond donors (Lipinski definition) is 2. The van der Waals surface area contributed by atoms with Gasteiger partial charge in [0.1, 0.15) is 5.76 Å². The molecule has 0 aliphatic carbocycles. The number of piperidine rings is 1. The third kappa shape index (κ3) is 2.61. The quantitative estimate of drug-likeness (QED) is 0.786. The molecule has 17 heavy (non-hydrogen) atoms. The first-order chi connectivity index (χ1) is 7.80. The van der Waals surface area contributed by atoms with E-state index in [1.54, 1.807) is 6.26 Å². The molecule has 2 N–H and O–H groups in total. The van der Waals surface area contributed by atoms with Crippen molar-refractivity contribution < 1.29 is 9.52 Å². The number of furan rings is 1. The van der Waals surface area contributed by atoms with Crippen LogP contribution in [0.2, 0.25) is 0 Å². The minimum Gasteiger partial charge on any atom is -0.465 e. The summed E-state index contributed by atoms with van der Waals surface area (Å²) in [6, 6.07) is 3.75. The number of nitrogens with one attached hydrogen (secondary N) is 1. The summed E-state index contributed by atoms with van der Waals surface area (Å²) in [6.45, 7) is 8.40. The van der Waals surface area contributed by atoms with Crippen LogP contribution in [0.5, 0.6) is 0 Å². The third-order valence-corrected chi connectivity index (χ3v) is 3.28. The lowest BCUT2D eigenvalue weighted by Crippen LogP contribution is -2.60. The van der Waals surface area contributed by atoms with Crippen LogP contribution in [-0.2, 0) is 0 Å². The molecule has 1 aliphatic rings. The van der Waals surface area contributed by atoms with Crippen LogP contribution in [0.25, 0.3) is 6.08 Å². The van der Waals surface area contributed by atoms with Gasteiger partial charge in [-0.3, -0.25) is 0 Å². The van der Waals surface area contributed by atoms with Crippen LogP contribution >= 0.6 is 0 Å². The van der Waals surface area contributed by atoms with Gasteiger partial charge in [0.15, 0.2) is 0 Å². The molecule has 1 aromatic rings. The minimum absolute atomic E-state index is 0.0522. The Hall–Kier alpha value is -1.06. The molecule has 0 amide bonds. The third-order valence-electron chi connectivity index (χ3n) is 3.28. The van der Waals surface area contributed by atoms with Crippen molar-refractivity contribution in [2.75, 3.05) is 0 Å². The first-order valence-electron chi connectivity index (χ1n) is 6.03. The molecule has 0 saturated carbocycles. The predicted molar refractivity (Wildman–Crippen MR) is 68.6 cm³/mol. The molecule has 1 aromatic heterocycles. The molecule has 1 fully saturated rings. The maximum atomic E-state index is 10.3. The summed E-state index contributed by atoms with van der Waals surface area (Å²) in [4.78, 5) is 0. The average molecular weight is 235 g/mol. The summed E-state index contributed by atoms with van der Waals surface area (Å²) in [5, 5.41) is 13.8. The zero-order valence-electron chi connectivity index (χ0n) is 10.9. The second-order valence-electron chi connectivity index (χ2n) is 5.97. The van der Waals surface area contributed by atoms with Crippen molar-refractivity contribution in [3.63, 3.8) is 0 Å². The van der Waals surface area contributed by atoms with E-state index in [1.165, 1.54) is 0 Å².